The Kier molecular flexibility index (Phi) is 6.56. The molecule has 0 bridgehead atoms. The van der Waals surface area contributed by atoms with E-state index in [1.54, 1.807) is 30.3 Å². The highest BCUT2D eigenvalue weighted by molar-refractivity contribution is 7.93. The maximum absolute atomic E-state index is 14.2. The lowest BCUT2D eigenvalue weighted by Crippen LogP contribution is -2.34. The second-order valence-electron chi connectivity index (χ2n) is 7.12. The molecular formula is C20H22F2N2O4S2. The van der Waals surface area contributed by atoms with E-state index in [2.05, 4.69) is 10.3 Å². The highest BCUT2D eigenvalue weighted by Crippen LogP contribution is 2.40. The van der Waals surface area contributed by atoms with E-state index >= 15 is 0 Å². The maximum Gasteiger partial charge on any atom is 0.298 e. The number of aromatic nitrogens is 1. The van der Waals surface area contributed by atoms with Crippen LogP contribution in [0.5, 0.6) is 11.6 Å². The second kappa shape index (κ2) is 8.81. The summed E-state index contributed by atoms with van der Waals surface area (Å²) in [5.41, 5.74) is 0. The zero-order chi connectivity index (χ0) is 21.9. The molecular weight excluding hydrogens is 434 g/mol. The van der Waals surface area contributed by atoms with Crippen molar-refractivity contribution in [1.82, 2.24) is 10.3 Å². The van der Waals surface area contributed by atoms with Crippen LogP contribution >= 0.6 is 11.3 Å². The maximum atomic E-state index is 14.2. The number of rotatable bonds is 9. The predicted molar refractivity (Wildman–Crippen MR) is 111 cm³/mol. The lowest BCUT2D eigenvalue weighted by molar-refractivity contribution is -0.00876. The number of halogens is 2. The topological polar surface area (TPSA) is 85.4 Å². The highest BCUT2D eigenvalue weighted by atomic mass is 32.2. The minimum Gasteiger partial charge on any atom is -0.437 e. The second-order valence-corrected chi connectivity index (χ2v) is 10.1. The molecule has 1 amide bonds. The summed E-state index contributed by atoms with van der Waals surface area (Å²) in [5.74, 6) is -3.56. The molecule has 1 fully saturated rings. The van der Waals surface area contributed by atoms with Crippen LogP contribution < -0.4 is 10.1 Å². The van der Waals surface area contributed by atoms with Crippen LogP contribution in [-0.2, 0) is 15.8 Å². The predicted octanol–water partition coefficient (Wildman–Crippen LogP) is 4.50. The van der Waals surface area contributed by atoms with Crippen molar-refractivity contribution in [2.45, 2.75) is 38.2 Å². The van der Waals surface area contributed by atoms with Crippen LogP contribution in [0, 0.1) is 5.92 Å². The summed E-state index contributed by atoms with van der Waals surface area (Å²) < 4.78 is 56.9. The zero-order valence-electron chi connectivity index (χ0n) is 16.5. The Morgan fingerprint density at radius 1 is 1.37 bits per heavy atom. The van der Waals surface area contributed by atoms with E-state index in [0.717, 1.165) is 24.5 Å². The number of ether oxygens (including phenoxy) is 1. The van der Waals surface area contributed by atoms with Crippen LogP contribution in [0.25, 0.3) is 0 Å². The quantitative estimate of drug-likeness (QED) is 0.600. The summed E-state index contributed by atoms with van der Waals surface area (Å²) in [6, 6.07) is 7.92. The summed E-state index contributed by atoms with van der Waals surface area (Å²) in [6.07, 6.45) is 3.70. The van der Waals surface area contributed by atoms with Crippen LogP contribution in [0.1, 0.15) is 40.9 Å². The van der Waals surface area contributed by atoms with E-state index < -0.39 is 39.1 Å². The number of sulfone groups is 1. The molecule has 3 rings (SSSR count). The molecule has 0 radical (unpaired) electrons. The Balaban J connectivity index is 1.90. The average Bonchev–Trinajstić information content (AvgIpc) is 3.44. The van der Waals surface area contributed by atoms with Crippen molar-refractivity contribution >= 4 is 27.1 Å². The van der Waals surface area contributed by atoms with Crippen molar-refractivity contribution in [2.24, 2.45) is 5.92 Å². The Labute approximate surface area is 177 Å². The average molecular weight is 457 g/mol. The minimum absolute atomic E-state index is 0.0830. The number of carbonyl (C=O) groups is 1. The van der Waals surface area contributed by atoms with Gasteiger partial charge in [0.25, 0.3) is 11.8 Å². The van der Waals surface area contributed by atoms with Crippen LogP contribution in [-0.4, -0.2) is 31.6 Å². The molecule has 30 heavy (non-hydrogen) atoms. The van der Waals surface area contributed by atoms with Gasteiger partial charge in [0, 0.05) is 18.1 Å². The summed E-state index contributed by atoms with van der Waals surface area (Å²) in [5, 5.41) is 3.27. The van der Waals surface area contributed by atoms with Gasteiger partial charge >= 0.3 is 0 Å². The van der Waals surface area contributed by atoms with Crippen LogP contribution in [0.4, 0.5) is 8.78 Å². The number of amides is 1. The number of para-hydroxylation sites is 1. The van der Waals surface area contributed by atoms with Gasteiger partial charge in [0.1, 0.15) is 5.75 Å². The molecule has 0 aliphatic heterocycles. The molecule has 0 saturated heterocycles. The largest absolute Gasteiger partial charge is 0.437 e. The molecule has 1 heterocycles. The molecule has 0 spiro atoms. The molecule has 1 atom stereocenters. The number of nitrogens with zero attached hydrogens (tertiary/aromatic N) is 1. The summed E-state index contributed by atoms with van der Waals surface area (Å²) in [4.78, 5) is 16.7. The summed E-state index contributed by atoms with van der Waals surface area (Å²) >= 11 is 0.576. The number of alkyl halides is 2. The lowest BCUT2D eigenvalue weighted by Gasteiger charge is -2.14. The fraction of sp³-hybridized carbons (Fsp3) is 0.400. The molecule has 1 saturated carbocycles. The van der Waals surface area contributed by atoms with Crippen molar-refractivity contribution in [2.75, 3.05) is 6.26 Å². The third-order valence-electron chi connectivity index (χ3n) is 4.48. The number of benzene rings is 1. The van der Waals surface area contributed by atoms with Gasteiger partial charge in [-0.1, -0.05) is 31.2 Å². The van der Waals surface area contributed by atoms with Gasteiger partial charge in [0.05, 0.1) is 6.04 Å². The van der Waals surface area contributed by atoms with E-state index in [1.807, 2.05) is 0 Å². The first-order chi connectivity index (χ1) is 14.1. The summed E-state index contributed by atoms with van der Waals surface area (Å²) in [6.45, 7) is 1.33. The van der Waals surface area contributed by atoms with Gasteiger partial charge in [-0.15, -0.1) is 11.3 Å². The molecule has 162 valence electrons. The Morgan fingerprint density at radius 3 is 2.60 bits per heavy atom. The first-order valence-electron chi connectivity index (χ1n) is 9.40. The van der Waals surface area contributed by atoms with Gasteiger partial charge in [-0.2, -0.15) is 13.8 Å². The van der Waals surface area contributed by atoms with Gasteiger partial charge < -0.3 is 10.1 Å². The van der Waals surface area contributed by atoms with Gasteiger partial charge in [-0.3, -0.25) is 4.79 Å². The fourth-order valence-corrected chi connectivity index (χ4v) is 4.05. The standard InChI is InChI=1S/C20H22F2N2O4S2/c1-3-20(21,22)19-24-18(28-14-7-5-4-6-8-14)16(29-19)17(25)23-15(13-9-10-13)11-12-30(2,26)27/h4-8,11-13,15H,3,9-10H2,1-2H3,(H,23,25)/b12-11+/t15-/m1/s1. The van der Waals surface area contributed by atoms with E-state index in [1.165, 1.54) is 13.0 Å². The Bertz CT molecular complexity index is 1030. The van der Waals surface area contributed by atoms with Crippen molar-refractivity contribution in [3.8, 4) is 11.6 Å². The van der Waals surface area contributed by atoms with Crippen molar-refractivity contribution in [3.05, 3.63) is 51.7 Å². The van der Waals surface area contributed by atoms with Gasteiger partial charge in [0.15, 0.2) is 19.7 Å². The third kappa shape index (κ3) is 5.85. The zero-order valence-corrected chi connectivity index (χ0v) is 18.1. The molecule has 1 aliphatic carbocycles. The molecule has 0 unspecified atom stereocenters. The van der Waals surface area contributed by atoms with Gasteiger partial charge in [-0.05, 0) is 30.9 Å². The van der Waals surface area contributed by atoms with Crippen molar-refractivity contribution < 1.29 is 26.7 Å². The van der Waals surface area contributed by atoms with Gasteiger partial charge in [-0.25, -0.2) is 8.42 Å². The van der Waals surface area contributed by atoms with E-state index in [0.29, 0.717) is 17.1 Å². The highest BCUT2D eigenvalue weighted by Gasteiger charge is 2.37. The van der Waals surface area contributed by atoms with Crippen molar-refractivity contribution in [1.29, 1.82) is 0 Å². The van der Waals surface area contributed by atoms with Crippen LogP contribution in [0.3, 0.4) is 0 Å². The molecule has 1 aliphatic rings. The van der Waals surface area contributed by atoms with E-state index in [-0.39, 0.29) is 16.7 Å². The molecule has 2 aromatic rings. The third-order valence-corrected chi connectivity index (χ3v) is 6.28. The van der Waals surface area contributed by atoms with E-state index in [9.17, 15) is 22.0 Å². The lowest BCUT2D eigenvalue weighted by atomic mass is 10.2. The number of hydrogen-bond donors (Lipinski definition) is 1. The first-order valence-corrected chi connectivity index (χ1v) is 12.2. The van der Waals surface area contributed by atoms with Gasteiger partial charge in [0.2, 0.25) is 5.88 Å². The number of nitrogens with one attached hydrogen (secondary N) is 1. The Hall–Kier alpha value is -2.33. The SMILES string of the molecule is CCC(F)(F)c1nc(Oc2ccccc2)c(C(=O)N[C@H](/C=C/S(C)(=O)=O)C2CC2)s1. The van der Waals surface area contributed by atoms with Crippen LogP contribution in [0.2, 0.25) is 0 Å². The molecule has 6 nitrogen and oxygen atoms in total. The molecule has 10 heteroatoms. The van der Waals surface area contributed by atoms with E-state index in [4.69, 9.17) is 4.74 Å². The summed E-state index contributed by atoms with van der Waals surface area (Å²) in [7, 11) is -3.36. The molecule has 1 aromatic carbocycles. The monoisotopic (exact) mass is 456 g/mol. The van der Waals surface area contributed by atoms with Crippen molar-refractivity contribution in [3.63, 3.8) is 0 Å². The molecule has 1 aromatic heterocycles. The normalized spacial score (nSPS) is 15.9. The first kappa shape index (κ1) is 22.4. The number of hydrogen-bond acceptors (Lipinski definition) is 6. The smallest absolute Gasteiger partial charge is 0.298 e. The van der Waals surface area contributed by atoms with Crippen LogP contribution in [0.15, 0.2) is 41.8 Å². The minimum atomic E-state index is -3.36. The number of carbonyl (C=O) groups excluding carboxylic acids is 1. The Morgan fingerprint density at radius 2 is 2.03 bits per heavy atom. The molecule has 1 N–H and O–H groups in total. The number of thiazole rings is 1. The fourth-order valence-electron chi connectivity index (χ4n) is 2.65.